The fraction of sp³-hybridized carbons (Fsp3) is 0. The van der Waals surface area contributed by atoms with Crippen LogP contribution in [-0.4, -0.2) is 33.8 Å². The predicted molar refractivity (Wildman–Crippen MR) is 115 cm³/mol. The van der Waals surface area contributed by atoms with Crippen molar-refractivity contribution in [3.63, 3.8) is 0 Å². The largest absolute Gasteiger partial charge is 0.403 e. The van der Waals surface area contributed by atoms with Crippen LogP contribution in [0, 0.1) is 0 Å². The Kier molecular flexibility index (Phi) is 3.87. The van der Waals surface area contributed by atoms with Crippen molar-refractivity contribution in [2.24, 2.45) is 0 Å². The molecule has 0 radical (unpaired) electrons. The Morgan fingerprint density at radius 1 is 0.667 bits per heavy atom. The van der Waals surface area contributed by atoms with Gasteiger partial charge in [0.1, 0.15) is 0 Å². The number of nitrogens with one attached hydrogen (secondary N) is 1. The molecule has 1 aromatic heterocycles. The van der Waals surface area contributed by atoms with Gasteiger partial charge >= 0.3 is 6.01 Å². The van der Waals surface area contributed by atoms with Gasteiger partial charge in [-0.15, -0.1) is 5.10 Å². The number of nitrogens with zero attached hydrogens (tertiary/aromatic N) is 3. The summed E-state index contributed by atoms with van der Waals surface area (Å²) in [6, 6.07) is 18.3. The molecule has 0 bridgehead atoms. The van der Waals surface area contributed by atoms with Crippen molar-refractivity contribution in [1.29, 1.82) is 0 Å². The number of amides is 4. The van der Waals surface area contributed by atoms with E-state index in [4.69, 9.17) is 4.42 Å². The summed E-state index contributed by atoms with van der Waals surface area (Å²) in [7, 11) is 0. The number of fused-ring (bicyclic) bond motifs is 2. The molecule has 33 heavy (non-hydrogen) atoms. The van der Waals surface area contributed by atoms with Gasteiger partial charge in [-0.25, -0.2) is 0 Å². The lowest BCUT2D eigenvalue weighted by molar-refractivity contribution is 0.0873. The summed E-state index contributed by atoms with van der Waals surface area (Å²) in [5.74, 6) is -2.00. The van der Waals surface area contributed by atoms with Crippen molar-refractivity contribution in [3.05, 3.63) is 89.0 Å². The van der Waals surface area contributed by atoms with E-state index in [1.807, 2.05) is 6.07 Å². The molecule has 0 atom stereocenters. The molecule has 0 spiro atoms. The monoisotopic (exact) mass is 436 g/mol. The molecule has 6 rings (SSSR count). The van der Waals surface area contributed by atoms with Gasteiger partial charge in [0.15, 0.2) is 0 Å². The first-order valence-corrected chi connectivity index (χ1v) is 9.94. The standard InChI is InChI=1S/C24H12N4O5/c29-19-15-10-9-13(11-17(15)20(30)25-19)14-7-4-8-16-18(14)23(32)28(22(16)31)24-27-26-21(33-24)12-5-2-1-3-6-12/h1-11H,(H,25,29,30). The Morgan fingerprint density at radius 3 is 2.24 bits per heavy atom. The molecular weight excluding hydrogens is 424 g/mol. The second kappa shape index (κ2) is 6.79. The molecule has 0 saturated carbocycles. The van der Waals surface area contributed by atoms with Gasteiger partial charge in [0, 0.05) is 5.56 Å². The minimum atomic E-state index is -0.616. The van der Waals surface area contributed by atoms with E-state index in [0.717, 1.165) is 4.90 Å². The third kappa shape index (κ3) is 2.72. The Labute approximate surface area is 185 Å². The average molecular weight is 436 g/mol. The lowest BCUT2D eigenvalue weighted by atomic mass is 9.94. The molecule has 3 aromatic carbocycles. The van der Waals surface area contributed by atoms with Gasteiger partial charge in [0.2, 0.25) is 5.89 Å². The average Bonchev–Trinajstić information content (AvgIpc) is 3.50. The first-order valence-electron chi connectivity index (χ1n) is 9.94. The van der Waals surface area contributed by atoms with Crippen LogP contribution in [0.15, 0.2) is 71.1 Å². The van der Waals surface area contributed by atoms with Gasteiger partial charge in [-0.2, -0.15) is 4.90 Å². The summed E-state index contributed by atoms with van der Waals surface area (Å²) in [4.78, 5) is 51.2. The second-order valence-electron chi connectivity index (χ2n) is 7.47. The SMILES string of the molecule is O=C1NC(=O)c2cc(-c3cccc4c3C(=O)N(c3nnc(-c5ccccc5)o3)C4=O)ccc21. The quantitative estimate of drug-likeness (QED) is 0.490. The first kappa shape index (κ1) is 18.8. The van der Waals surface area contributed by atoms with Crippen molar-refractivity contribution in [2.75, 3.05) is 4.90 Å². The molecular formula is C24H12N4O5. The zero-order chi connectivity index (χ0) is 22.7. The summed E-state index contributed by atoms with van der Waals surface area (Å²) >= 11 is 0. The van der Waals surface area contributed by atoms with Crippen LogP contribution >= 0.6 is 0 Å². The maximum absolute atomic E-state index is 13.3. The number of hydrogen-bond donors (Lipinski definition) is 1. The van der Waals surface area contributed by atoms with E-state index in [2.05, 4.69) is 15.5 Å². The maximum atomic E-state index is 13.3. The van der Waals surface area contributed by atoms with E-state index in [-0.39, 0.29) is 34.2 Å². The van der Waals surface area contributed by atoms with Crippen LogP contribution in [0.1, 0.15) is 41.4 Å². The molecule has 2 aliphatic rings. The molecule has 9 nitrogen and oxygen atoms in total. The molecule has 0 saturated heterocycles. The van der Waals surface area contributed by atoms with Crippen LogP contribution in [-0.2, 0) is 0 Å². The van der Waals surface area contributed by atoms with E-state index < -0.39 is 23.6 Å². The van der Waals surface area contributed by atoms with E-state index in [0.29, 0.717) is 16.7 Å². The Hall–Kier alpha value is -4.92. The molecule has 1 N–H and O–H groups in total. The molecule has 4 aromatic rings. The number of rotatable bonds is 3. The summed E-state index contributed by atoms with van der Waals surface area (Å²) in [5.41, 5.74) is 2.44. The molecule has 9 heteroatoms. The van der Waals surface area contributed by atoms with Crippen molar-refractivity contribution < 1.29 is 23.6 Å². The van der Waals surface area contributed by atoms with E-state index in [1.54, 1.807) is 42.5 Å². The van der Waals surface area contributed by atoms with Crippen LogP contribution in [0.4, 0.5) is 6.01 Å². The van der Waals surface area contributed by atoms with Crippen molar-refractivity contribution in [3.8, 4) is 22.6 Å². The van der Waals surface area contributed by atoms with E-state index in [1.165, 1.54) is 18.2 Å². The lowest BCUT2D eigenvalue weighted by Crippen LogP contribution is -2.29. The predicted octanol–water partition coefficient (Wildman–Crippen LogP) is 3.09. The summed E-state index contributed by atoms with van der Waals surface area (Å²) in [5, 5.41) is 10.1. The minimum Gasteiger partial charge on any atom is -0.403 e. The molecule has 3 heterocycles. The number of hydrogen-bond acceptors (Lipinski definition) is 7. The van der Waals surface area contributed by atoms with Crippen LogP contribution < -0.4 is 10.2 Å². The van der Waals surface area contributed by atoms with Gasteiger partial charge in [-0.05, 0) is 41.5 Å². The van der Waals surface area contributed by atoms with Gasteiger partial charge < -0.3 is 4.42 Å². The Morgan fingerprint density at radius 2 is 1.42 bits per heavy atom. The molecule has 158 valence electrons. The second-order valence-corrected chi connectivity index (χ2v) is 7.47. The third-order valence-corrected chi connectivity index (χ3v) is 5.59. The van der Waals surface area contributed by atoms with Crippen LogP contribution in [0.2, 0.25) is 0 Å². The van der Waals surface area contributed by atoms with E-state index >= 15 is 0 Å². The topological polar surface area (TPSA) is 122 Å². The van der Waals surface area contributed by atoms with Gasteiger partial charge in [0.05, 0.1) is 22.3 Å². The highest BCUT2D eigenvalue weighted by Crippen LogP contribution is 2.36. The highest BCUT2D eigenvalue weighted by atomic mass is 16.4. The summed E-state index contributed by atoms with van der Waals surface area (Å²) in [6.07, 6.45) is 0. The highest BCUT2D eigenvalue weighted by molar-refractivity contribution is 6.35. The Bertz CT molecular complexity index is 1520. The fourth-order valence-electron chi connectivity index (χ4n) is 4.04. The minimum absolute atomic E-state index is 0.159. The number of aromatic nitrogens is 2. The Balaban J connectivity index is 1.42. The summed E-state index contributed by atoms with van der Waals surface area (Å²) < 4.78 is 5.63. The normalized spacial score (nSPS) is 14.5. The van der Waals surface area contributed by atoms with Crippen LogP contribution in [0.5, 0.6) is 0 Å². The van der Waals surface area contributed by atoms with Gasteiger partial charge in [0.25, 0.3) is 23.6 Å². The smallest absolute Gasteiger partial charge is 0.332 e. The van der Waals surface area contributed by atoms with Gasteiger partial charge in [-0.1, -0.05) is 41.5 Å². The first-order chi connectivity index (χ1) is 16.0. The molecule has 0 unspecified atom stereocenters. The maximum Gasteiger partial charge on any atom is 0.332 e. The van der Waals surface area contributed by atoms with Crippen LogP contribution in [0.3, 0.4) is 0 Å². The van der Waals surface area contributed by atoms with Crippen LogP contribution in [0.25, 0.3) is 22.6 Å². The van der Waals surface area contributed by atoms with Crippen molar-refractivity contribution in [2.45, 2.75) is 0 Å². The van der Waals surface area contributed by atoms with E-state index in [9.17, 15) is 19.2 Å². The molecule has 4 amide bonds. The van der Waals surface area contributed by atoms with Crippen molar-refractivity contribution >= 4 is 29.6 Å². The molecule has 0 fully saturated rings. The molecule has 2 aliphatic heterocycles. The van der Waals surface area contributed by atoms with Gasteiger partial charge in [-0.3, -0.25) is 24.5 Å². The number of carbonyl (C=O) groups is 4. The zero-order valence-corrected chi connectivity index (χ0v) is 16.7. The highest BCUT2D eigenvalue weighted by Gasteiger charge is 2.42. The number of benzene rings is 3. The molecule has 0 aliphatic carbocycles. The third-order valence-electron chi connectivity index (χ3n) is 5.59. The zero-order valence-electron chi connectivity index (χ0n) is 16.7. The lowest BCUT2D eigenvalue weighted by Gasteiger charge is -2.09. The number of imide groups is 2. The summed E-state index contributed by atoms with van der Waals surface area (Å²) in [6.45, 7) is 0. The number of anilines is 1. The number of carbonyl (C=O) groups excluding carboxylic acids is 4. The fourth-order valence-corrected chi connectivity index (χ4v) is 4.04. The van der Waals surface area contributed by atoms with Crippen molar-refractivity contribution in [1.82, 2.24) is 15.5 Å².